The van der Waals surface area contributed by atoms with Crippen LogP contribution in [-0.4, -0.2) is 23.4 Å². The summed E-state index contributed by atoms with van der Waals surface area (Å²) in [5.74, 6) is 0.508. The molecule has 11 heteroatoms. The highest BCUT2D eigenvalue weighted by Crippen LogP contribution is 2.30. The normalized spacial score (nSPS) is 11.3. The molecule has 0 bridgehead atoms. The summed E-state index contributed by atoms with van der Waals surface area (Å²) in [5, 5.41) is 5.22. The number of halogens is 1. The van der Waals surface area contributed by atoms with E-state index in [4.69, 9.17) is 0 Å². The van der Waals surface area contributed by atoms with E-state index >= 15 is 0 Å². The van der Waals surface area contributed by atoms with Crippen LogP contribution in [0.25, 0.3) is 10.6 Å². The second kappa shape index (κ2) is 8.57. The number of nitrogens with zero attached hydrogens (tertiary/aromatic N) is 3. The van der Waals surface area contributed by atoms with Crippen molar-refractivity contribution in [1.82, 2.24) is 15.0 Å². The summed E-state index contributed by atoms with van der Waals surface area (Å²) in [7, 11) is -3.65. The predicted octanol–water partition coefficient (Wildman–Crippen LogP) is 4.84. The number of hydrogen-bond acceptors (Lipinski definition) is 8. The van der Waals surface area contributed by atoms with Gasteiger partial charge in [0.05, 0.1) is 19.3 Å². The van der Waals surface area contributed by atoms with Crippen LogP contribution < -0.4 is 10.0 Å². The standard InChI is InChI=1S/C18H14BrN5O2S3/c19-16-6-5-15(28-16)14-7-8-20-17(23-14)22-11-12-1-3-13(4-2-12)29(25,26)24-18-21-9-10-27-18/h1-10H,11H2,(H,21,24)(H,20,22,23). The van der Waals surface area contributed by atoms with E-state index < -0.39 is 10.0 Å². The van der Waals surface area contributed by atoms with Crippen LogP contribution in [0.2, 0.25) is 0 Å². The minimum atomic E-state index is -3.65. The Labute approximate surface area is 184 Å². The molecule has 0 saturated heterocycles. The number of anilines is 2. The van der Waals surface area contributed by atoms with Gasteiger partial charge in [-0.2, -0.15) is 0 Å². The van der Waals surface area contributed by atoms with Crippen LogP contribution in [-0.2, 0) is 16.6 Å². The largest absolute Gasteiger partial charge is 0.350 e. The average molecular weight is 508 g/mol. The third-order valence-corrected chi connectivity index (χ3v) is 7.64. The molecular formula is C18H14BrN5O2S3. The average Bonchev–Trinajstić information content (AvgIpc) is 3.38. The summed E-state index contributed by atoms with van der Waals surface area (Å²) >= 11 is 6.28. The summed E-state index contributed by atoms with van der Waals surface area (Å²) in [5.41, 5.74) is 1.75. The summed E-state index contributed by atoms with van der Waals surface area (Å²) in [6.45, 7) is 0.470. The van der Waals surface area contributed by atoms with Gasteiger partial charge in [0.25, 0.3) is 10.0 Å². The topological polar surface area (TPSA) is 96.9 Å². The van der Waals surface area contributed by atoms with Crippen LogP contribution >= 0.6 is 38.6 Å². The highest BCUT2D eigenvalue weighted by Gasteiger charge is 2.15. The van der Waals surface area contributed by atoms with Crippen LogP contribution in [0.3, 0.4) is 0 Å². The van der Waals surface area contributed by atoms with Gasteiger partial charge in [-0.25, -0.2) is 23.4 Å². The molecule has 0 atom stereocenters. The van der Waals surface area contributed by atoms with Crippen molar-refractivity contribution in [3.63, 3.8) is 0 Å². The van der Waals surface area contributed by atoms with E-state index in [0.717, 1.165) is 19.9 Å². The third-order valence-electron chi connectivity index (χ3n) is 3.82. The highest BCUT2D eigenvalue weighted by atomic mass is 79.9. The smallest absolute Gasteiger partial charge is 0.263 e. The molecule has 1 aromatic carbocycles. The van der Waals surface area contributed by atoms with Gasteiger partial charge in [0.1, 0.15) is 0 Å². The summed E-state index contributed by atoms with van der Waals surface area (Å²) in [4.78, 5) is 13.9. The Balaban J connectivity index is 1.42. The molecule has 0 aliphatic heterocycles. The number of sulfonamides is 1. The third kappa shape index (κ3) is 4.99. The van der Waals surface area contributed by atoms with Crippen LogP contribution in [0.5, 0.6) is 0 Å². The summed E-state index contributed by atoms with van der Waals surface area (Å²) in [6, 6.07) is 12.5. The van der Waals surface area contributed by atoms with Crippen LogP contribution in [0.15, 0.2) is 68.9 Å². The van der Waals surface area contributed by atoms with Crippen molar-refractivity contribution in [2.24, 2.45) is 0 Å². The predicted molar refractivity (Wildman–Crippen MR) is 120 cm³/mol. The molecule has 3 aromatic heterocycles. The molecule has 0 spiro atoms. The molecule has 2 N–H and O–H groups in total. The fraction of sp³-hybridized carbons (Fsp3) is 0.0556. The van der Waals surface area contributed by atoms with Gasteiger partial charge in [0.2, 0.25) is 5.95 Å². The van der Waals surface area contributed by atoms with Crippen molar-refractivity contribution in [3.05, 3.63) is 69.6 Å². The van der Waals surface area contributed by atoms with Gasteiger partial charge in [-0.15, -0.1) is 22.7 Å². The van der Waals surface area contributed by atoms with Crippen LogP contribution in [0.1, 0.15) is 5.56 Å². The Bertz CT molecular complexity index is 1210. The molecule has 7 nitrogen and oxygen atoms in total. The van der Waals surface area contributed by atoms with E-state index in [2.05, 4.69) is 40.9 Å². The first-order valence-corrected chi connectivity index (χ1v) is 12.3. The molecule has 4 aromatic rings. The van der Waals surface area contributed by atoms with Crippen molar-refractivity contribution in [3.8, 4) is 10.6 Å². The second-order valence-corrected chi connectivity index (χ2v) is 10.8. The Kier molecular flexibility index (Phi) is 5.90. The number of aromatic nitrogens is 3. The summed E-state index contributed by atoms with van der Waals surface area (Å²) < 4.78 is 28.3. The Morgan fingerprint density at radius 1 is 1.00 bits per heavy atom. The lowest BCUT2D eigenvalue weighted by molar-refractivity contribution is 0.601. The van der Waals surface area contributed by atoms with Gasteiger partial charge in [-0.1, -0.05) is 12.1 Å². The molecule has 0 aliphatic carbocycles. The lowest BCUT2D eigenvalue weighted by Gasteiger charge is -2.08. The maximum absolute atomic E-state index is 12.4. The molecule has 0 saturated carbocycles. The second-order valence-electron chi connectivity index (χ2n) is 5.81. The monoisotopic (exact) mass is 507 g/mol. The van der Waals surface area contributed by atoms with E-state index in [1.54, 1.807) is 53.4 Å². The van der Waals surface area contributed by atoms with Gasteiger partial charge >= 0.3 is 0 Å². The number of thiophene rings is 1. The summed E-state index contributed by atoms with van der Waals surface area (Å²) in [6.07, 6.45) is 3.25. The minimum Gasteiger partial charge on any atom is -0.350 e. The Morgan fingerprint density at radius 3 is 2.52 bits per heavy atom. The zero-order valence-electron chi connectivity index (χ0n) is 14.7. The number of thiazole rings is 1. The lowest BCUT2D eigenvalue weighted by Crippen LogP contribution is -2.13. The number of hydrogen-bond donors (Lipinski definition) is 2. The number of rotatable bonds is 7. The van der Waals surface area contributed by atoms with E-state index in [1.807, 2.05) is 18.2 Å². The van der Waals surface area contributed by atoms with Gasteiger partial charge in [0, 0.05) is 24.3 Å². The van der Waals surface area contributed by atoms with E-state index in [1.165, 1.54) is 11.3 Å². The SMILES string of the molecule is O=S(=O)(Nc1nccs1)c1ccc(CNc2nccc(-c3ccc(Br)s3)n2)cc1. The maximum atomic E-state index is 12.4. The quantitative estimate of drug-likeness (QED) is 0.371. The van der Waals surface area contributed by atoms with Gasteiger partial charge in [-0.3, -0.25) is 4.72 Å². The molecule has 0 amide bonds. The van der Waals surface area contributed by atoms with Crippen LogP contribution in [0, 0.1) is 0 Å². The lowest BCUT2D eigenvalue weighted by atomic mass is 10.2. The first kappa shape index (κ1) is 20.0. The van der Waals surface area contributed by atoms with Crippen molar-refractivity contribution < 1.29 is 8.42 Å². The van der Waals surface area contributed by atoms with E-state index in [9.17, 15) is 8.42 Å². The zero-order valence-corrected chi connectivity index (χ0v) is 18.8. The van der Waals surface area contributed by atoms with Crippen LogP contribution in [0.4, 0.5) is 11.1 Å². The van der Waals surface area contributed by atoms with Gasteiger partial charge in [0.15, 0.2) is 5.13 Å². The van der Waals surface area contributed by atoms with Crippen molar-refractivity contribution >= 4 is 59.7 Å². The van der Waals surface area contributed by atoms with Gasteiger partial charge < -0.3 is 5.32 Å². The fourth-order valence-corrected chi connectivity index (χ4v) is 5.59. The maximum Gasteiger partial charge on any atom is 0.263 e. The Morgan fingerprint density at radius 2 is 1.83 bits per heavy atom. The van der Waals surface area contributed by atoms with Gasteiger partial charge in [-0.05, 0) is 51.8 Å². The van der Waals surface area contributed by atoms with E-state index in [0.29, 0.717) is 17.6 Å². The first-order chi connectivity index (χ1) is 14.0. The molecule has 0 fully saturated rings. The van der Waals surface area contributed by atoms with Crippen molar-refractivity contribution in [2.45, 2.75) is 11.4 Å². The molecule has 29 heavy (non-hydrogen) atoms. The molecule has 0 radical (unpaired) electrons. The highest BCUT2D eigenvalue weighted by molar-refractivity contribution is 9.11. The number of nitrogens with one attached hydrogen (secondary N) is 2. The number of benzene rings is 1. The van der Waals surface area contributed by atoms with Crippen molar-refractivity contribution in [2.75, 3.05) is 10.0 Å². The first-order valence-electron chi connectivity index (χ1n) is 8.33. The Hall–Kier alpha value is -2.34. The minimum absolute atomic E-state index is 0.179. The molecule has 0 unspecified atom stereocenters. The molecule has 3 heterocycles. The van der Waals surface area contributed by atoms with Crippen molar-refractivity contribution in [1.29, 1.82) is 0 Å². The van der Waals surface area contributed by atoms with E-state index in [-0.39, 0.29) is 4.90 Å². The fourth-order valence-electron chi connectivity index (χ4n) is 2.45. The molecule has 148 valence electrons. The zero-order chi connectivity index (χ0) is 20.3. The molecule has 4 rings (SSSR count). The molecule has 0 aliphatic rings. The molecular weight excluding hydrogens is 494 g/mol.